The van der Waals surface area contributed by atoms with Crippen LogP contribution in [0, 0.1) is 13.8 Å². The number of carbonyl (C=O) groups excluding carboxylic acids is 2. The third-order valence-electron chi connectivity index (χ3n) is 2.31. The summed E-state index contributed by atoms with van der Waals surface area (Å²) in [5.41, 5.74) is 1.81. The smallest absolute Gasteiger partial charge is 0.256 e. The molecule has 1 N–H and O–H groups in total. The van der Waals surface area contributed by atoms with E-state index in [1.807, 2.05) is 19.9 Å². The predicted octanol–water partition coefficient (Wildman–Crippen LogP) is 0.496. The maximum atomic E-state index is 11.4. The number of aromatic nitrogens is 4. The Bertz CT molecular complexity index is 652. The fourth-order valence-corrected chi connectivity index (χ4v) is 2.44. The van der Waals surface area contributed by atoms with E-state index in [9.17, 15) is 9.59 Å². The minimum atomic E-state index is -0.370. The lowest BCUT2D eigenvalue weighted by Crippen LogP contribution is -2.29. The summed E-state index contributed by atoms with van der Waals surface area (Å²) in [4.78, 5) is 26.4. The van der Waals surface area contributed by atoms with Crippen molar-refractivity contribution in [2.45, 2.75) is 25.9 Å². The van der Waals surface area contributed by atoms with Crippen molar-refractivity contribution < 1.29 is 9.59 Å². The summed E-state index contributed by atoms with van der Waals surface area (Å²) in [5.74, 6) is -0.114. The number of thioether (sulfide) groups is 1. The van der Waals surface area contributed by atoms with Gasteiger partial charge in [-0.25, -0.2) is 4.98 Å². The molecule has 0 saturated heterocycles. The Morgan fingerprint density at radius 1 is 1.37 bits per heavy atom. The summed E-state index contributed by atoms with van der Waals surface area (Å²) in [5, 5.41) is 10.7. The van der Waals surface area contributed by atoms with Crippen LogP contribution in [0.5, 0.6) is 0 Å². The monoisotopic (exact) mass is 279 g/mol. The summed E-state index contributed by atoms with van der Waals surface area (Å²) in [6.07, 6.45) is 0. The van der Waals surface area contributed by atoms with E-state index in [1.165, 1.54) is 18.7 Å². The average Bonchev–Trinajstić information content (AvgIpc) is 2.68. The van der Waals surface area contributed by atoms with Crippen LogP contribution in [0.15, 0.2) is 11.2 Å². The average molecular weight is 279 g/mol. The number of rotatable bonds is 3. The second-order valence-electron chi connectivity index (χ2n) is 4.05. The fraction of sp³-hybridized carbons (Fsp3) is 0.364. The summed E-state index contributed by atoms with van der Waals surface area (Å²) in [7, 11) is 0. The highest BCUT2D eigenvalue weighted by Gasteiger charge is 2.12. The van der Waals surface area contributed by atoms with Crippen molar-refractivity contribution in [2.75, 3.05) is 5.75 Å². The van der Waals surface area contributed by atoms with Crippen molar-refractivity contribution in [1.29, 1.82) is 0 Å². The van der Waals surface area contributed by atoms with Crippen LogP contribution in [0.3, 0.4) is 0 Å². The van der Waals surface area contributed by atoms with Crippen LogP contribution in [0.2, 0.25) is 0 Å². The molecule has 0 aliphatic carbocycles. The van der Waals surface area contributed by atoms with Crippen molar-refractivity contribution in [3.8, 4) is 0 Å². The quantitative estimate of drug-likeness (QED) is 0.823. The zero-order valence-corrected chi connectivity index (χ0v) is 11.6. The van der Waals surface area contributed by atoms with Gasteiger partial charge in [0.25, 0.3) is 5.78 Å². The molecule has 7 nitrogen and oxygen atoms in total. The molecule has 2 aromatic rings. The number of nitrogens with zero attached hydrogens (tertiary/aromatic N) is 4. The van der Waals surface area contributed by atoms with Gasteiger partial charge in [0.15, 0.2) is 5.16 Å². The molecule has 0 aliphatic rings. The zero-order valence-electron chi connectivity index (χ0n) is 10.8. The molecule has 0 saturated carbocycles. The standard InChI is InChI=1S/C11H13N5O2S/c1-6-4-7(2)16-10(12-6)14-15-11(16)19-5-9(18)13-8(3)17/h4H,5H2,1-3H3,(H,13,17,18). The van der Waals surface area contributed by atoms with E-state index in [2.05, 4.69) is 20.5 Å². The first kappa shape index (κ1) is 13.5. The molecular weight excluding hydrogens is 266 g/mol. The van der Waals surface area contributed by atoms with Gasteiger partial charge in [-0.05, 0) is 19.9 Å². The molecule has 0 fully saturated rings. The molecule has 0 bridgehead atoms. The number of nitrogens with one attached hydrogen (secondary N) is 1. The molecule has 0 radical (unpaired) electrons. The third kappa shape index (κ3) is 3.08. The number of amides is 2. The maximum absolute atomic E-state index is 11.4. The highest BCUT2D eigenvalue weighted by Crippen LogP contribution is 2.18. The normalized spacial score (nSPS) is 10.7. The van der Waals surface area contributed by atoms with Crippen LogP contribution in [-0.4, -0.2) is 37.1 Å². The second-order valence-corrected chi connectivity index (χ2v) is 4.99. The molecule has 2 heterocycles. The molecule has 100 valence electrons. The van der Waals surface area contributed by atoms with E-state index in [0.29, 0.717) is 10.9 Å². The molecule has 2 aromatic heterocycles. The van der Waals surface area contributed by atoms with E-state index in [-0.39, 0.29) is 17.6 Å². The Balaban J connectivity index is 2.18. The van der Waals surface area contributed by atoms with E-state index < -0.39 is 0 Å². The molecular formula is C11H13N5O2S. The van der Waals surface area contributed by atoms with Gasteiger partial charge in [-0.15, -0.1) is 10.2 Å². The van der Waals surface area contributed by atoms with Crippen LogP contribution < -0.4 is 5.32 Å². The Morgan fingerprint density at radius 2 is 2.11 bits per heavy atom. The summed E-state index contributed by atoms with van der Waals surface area (Å²) < 4.78 is 1.78. The Hall–Kier alpha value is -1.96. The number of hydrogen-bond acceptors (Lipinski definition) is 6. The lowest BCUT2D eigenvalue weighted by molar-refractivity contribution is -0.127. The largest absolute Gasteiger partial charge is 0.296 e. The summed E-state index contributed by atoms with van der Waals surface area (Å²) in [6.45, 7) is 5.10. The number of aryl methyl sites for hydroxylation is 2. The van der Waals surface area contributed by atoms with Crippen LogP contribution in [0.1, 0.15) is 18.3 Å². The van der Waals surface area contributed by atoms with Crippen molar-refractivity contribution in [3.05, 3.63) is 17.5 Å². The highest BCUT2D eigenvalue weighted by atomic mass is 32.2. The SMILES string of the molecule is CC(=O)NC(=O)CSc1nnc2nc(C)cc(C)n12. The van der Waals surface area contributed by atoms with Gasteiger partial charge in [0, 0.05) is 18.3 Å². The van der Waals surface area contributed by atoms with Crippen LogP contribution in [-0.2, 0) is 9.59 Å². The lowest BCUT2D eigenvalue weighted by atomic mass is 10.3. The molecule has 19 heavy (non-hydrogen) atoms. The van der Waals surface area contributed by atoms with Gasteiger partial charge in [0.1, 0.15) is 0 Å². The zero-order chi connectivity index (χ0) is 14.0. The third-order valence-corrected chi connectivity index (χ3v) is 3.24. The predicted molar refractivity (Wildman–Crippen MR) is 69.8 cm³/mol. The molecule has 0 aromatic carbocycles. The van der Waals surface area contributed by atoms with Crippen molar-refractivity contribution in [1.82, 2.24) is 24.9 Å². The molecule has 2 amide bonds. The van der Waals surface area contributed by atoms with Gasteiger partial charge in [-0.2, -0.15) is 0 Å². The van der Waals surface area contributed by atoms with E-state index in [4.69, 9.17) is 0 Å². The molecule has 2 rings (SSSR count). The minimum Gasteiger partial charge on any atom is -0.296 e. The van der Waals surface area contributed by atoms with E-state index in [0.717, 1.165) is 11.4 Å². The topological polar surface area (TPSA) is 89.2 Å². The summed E-state index contributed by atoms with van der Waals surface area (Å²) in [6, 6.07) is 1.91. The van der Waals surface area contributed by atoms with Crippen LogP contribution in [0.25, 0.3) is 5.78 Å². The lowest BCUT2D eigenvalue weighted by Gasteiger charge is -2.03. The molecule has 0 unspecified atom stereocenters. The minimum absolute atomic E-state index is 0.105. The molecule has 0 aliphatic heterocycles. The van der Waals surface area contributed by atoms with Crippen molar-refractivity contribution in [3.63, 3.8) is 0 Å². The first-order chi connectivity index (χ1) is 8.97. The van der Waals surface area contributed by atoms with Crippen LogP contribution in [0.4, 0.5) is 0 Å². The first-order valence-corrected chi connectivity index (χ1v) is 6.58. The van der Waals surface area contributed by atoms with Gasteiger partial charge >= 0.3 is 0 Å². The van der Waals surface area contributed by atoms with Crippen molar-refractivity contribution >= 4 is 29.4 Å². The first-order valence-electron chi connectivity index (χ1n) is 5.60. The number of hydrogen-bond donors (Lipinski definition) is 1. The molecule has 0 atom stereocenters. The van der Waals surface area contributed by atoms with Crippen molar-refractivity contribution in [2.24, 2.45) is 0 Å². The second kappa shape index (κ2) is 5.35. The van der Waals surface area contributed by atoms with Gasteiger partial charge in [-0.3, -0.25) is 19.3 Å². The van der Waals surface area contributed by atoms with Gasteiger partial charge in [0.05, 0.1) is 5.75 Å². The van der Waals surface area contributed by atoms with Gasteiger partial charge < -0.3 is 0 Å². The summed E-state index contributed by atoms with van der Waals surface area (Å²) >= 11 is 1.21. The molecule has 0 spiro atoms. The highest BCUT2D eigenvalue weighted by molar-refractivity contribution is 7.99. The van der Waals surface area contributed by atoms with Gasteiger partial charge in [0.2, 0.25) is 11.8 Å². The fourth-order valence-electron chi connectivity index (χ4n) is 1.66. The van der Waals surface area contributed by atoms with E-state index >= 15 is 0 Å². The van der Waals surface area contributed by atoms with E-state index in [1.54, 1.807) is 4.40 Å². The number of imide groups is 1. The Morgan fingerprint density at radius 3 is 2.79 bits per heavy atom. The maximum Gasteiger partial charge on any atom is 0.256 e. The number of carbonyl (C=O) groups is 2. The molecule has 8 heteroatoms. The Labute approximate surface area is 113 Å². The Kier molecular flexibility index (Phi) is 3.79. The van der Waals surface area contributed by atoms with Gasteiger partial charge in [-0.1, -0.05) is 11.8 Å². The van der Waals surface area contributed by atoms with Crippen LogP contribution >= 0.6 is 11.8 Å². The number of fused-ring (bicyclic) bond motifs is 1.